The monoisotopic (exact) mass is 255 g/mol. The summed E-state index contributed by atoms with van der Waals surface area (Å²) in [7, 11) is 0. The highest BCUT2D eigenvalue weighted by Gasteiger charge is 2.08. The molecular weight excluding hydrogens is 248 g/mol. The number of nitrogens with zero attached hydrogens (tertiary/aromatic N) is 1. The summed E-state index contributed by atoms with van der Waals surface area (Å²) in [6.07, 6.45) is 1.27. The first-order valence-electron chi connectivity index (χ1n) is 4.65. The van der Waals surface area contributed by atoms with Crippen molar-refractivity contribution in [1.82, 2.24) is 4.98 Å². The second kappa shape index (κ2) is 4.40. The zero-order chi connectivity index (χ0) is 11.7. The fourth-order valence-electron chi connectivity index (χ4n) is 1.39. The Balaban J connectivity index is 2.58. The van der Waals surface area contributed by atoms with Gasteiger partial charge < -0.3 is 0 Å². The van der Waals surface area contributed by atoms with E-state index in [1.807, 2.05) is 13.0 Å². The van der Waals surface area contributed by atoms with E-state index in [2.05, 4.69) is 4.98 Å². The predicted molar refractivity (Wildman–Crippen MR) is 64.4 cm³/mol. The lowest BCUT2D eigenvalue weighted by atomic mass is 10.1. The number of hydrogen-bond acceptors (Lipinski definition) is 1. The molecule has 1 aromatic heterocycles. The number of aromatic nitrogens is 1. The summed E-state index contributed by atoms with van der Waals surface area (Å²) in [6, 6.07) is 6.86. The summed E-state index contributed by atoms with van der Waals surface area (Å²) in [5, 5.41) is 0.991. The van der Waals surface area contributed by atoms with Crippen LogP contribution < -0.4 is 0 Å². The van der Waals surface area contributed by atoms with E-state index in [0.29, 0.717) is 21.2 Å². The minimum Gasteiger partial charge on any atom is -0.226 e. The molecule has 16 heavy (non-hydrogen) atoms. The average molecular weight is 256 g/mol. The SMILES string of the molecule is Cc1ccc(-c2cc(Cl)cnc2F)cc1Cl. The van der Waals surface area contributed by atoms with Gasteiger partial charge in [0.2, 0.25) is 5.95 Å². The lowest BCUT2D eigenvalue weighted by Crippen LogP contribution is -1.89. The van der Waals surface area contributed by atoms with Gasteiger partial charge in [-0.15, -0.1) is 0 Å². The Bertz CT molecular complexity index is 541. The number of pyridine rings is 1. The van der Waals surface area contributed by atoms with Gasteiger partial charge in [0.05, 0.1) is 5.02 Å². The van der Waals surface area contributed by atoms with E-state index in [1.165, 1.54) is 12.3 Å². The number of rotatable bonds is 1. The second-order valence-electron chi connectivity index (χ2n) is 3.46. The fourth-order valence-corrected chi connectivity index (χ4v) is 1.72. The molecule has 0 N–H and O–H groups in total. The van der Waals surface area contributed by atoms with Crippen LogP contribution in [0.25, 0.3) is 11.1 Å². The van der Waals surface area contributed by atoms with Gasteiger partial charge in [-0.05, 0) is 30.2 Å². The van der Waals surface area contributed by atoms with E-state index < -0.39 is 5.95 Å². The molecule has 0 aliphatic carbocycles. The quantitative estimate of drug-likeness (QED) is 0.684. The van der Waals surface area contributed by atoms with Crippen LogP contribution in [0.4, 0.5) is 4.39 Å². The van der Waals surface area contributed by atoms with Gasteiger partial charge in [0.25, 0.3) is 0 Å². The van der Waals surface area contributed by atoms with Gasteiger partial charge in [0.15, 0.2) is 0 Å². The summed E-state index contributed by atoms with van der Waals surface area (Å²) in [4.78, 5) is 3.57. The number of halogens is 3. The van der Waals surface area contributed by atoms with Crippen molar-refractivity contribution in [2.24, 2.45) is 0 Å². The van der Waals surface area contributed by atoms with Crippen LogP contribution in [0, 0.1) is 12.9 Å². The van der Waals surface area contributed by atoms with Crippen molar-refractivity contribution in [2.45, 2.75) is 6.92 Å². The molecule has 0 bridgehead atoms. The van der Waals surface area contributed by atoms with Gasteiger partial charge >= 0.3 is 0 Å². The van der Waals surface area contributed by atoms with Crippen LogP contribution >= 0.6 is 23.2 Å². The largest absolute Gasteiger partial charge is 0.226 e. The molecule has 2 aromatic rings. The van der Waals surface area contributed by atoms with E-state index in [0.717, 1.165) is 5.56 Å². The highest BCUT2D eigenvalue weighted by atomic mass is 35.5. The standard InChI is InChI=1S/C12H8Cl2FN/c1-7-2-3-8(4-11(7)14)10-5-9(13)6-16-12(10)15/h2-6H,1H3. The van der Waals surface area contributed by atoms with E-state index in [4.69, 9.17) is 23.2 Å². The molecule has 0 fully saturated rings. The molecule has 0 aliphatic rings. The maximum Gasteiger partial charge on any atom is 0.220 e. The van der Waals surface area contributed by atoms with Gasteiger partial charge in [0.1, 0.15) is 0 Å². The minimum atomic E-state index is -0.552. The smallest absolute Gasteiger partial charge is 0.220 e. The fraction of sp³-hybridized carbons (Fsp3) is 0.0833. The highest BCUT2D eigenvalue weighted by Crippen LogP contribution is 2.28. The van der Waals surface area contributed by atoms with Crippen molar-refractivity contribution in [3.63, 3.8) is 0 Å². The van der Waals surface area contributed by atoms with Crippen LogP contribution in [0.5, 0.6) is 0 Å². The second-order valence-corrected chi connectivity index (χ2v) is 4.30. The molecule has 0 atom stereocenters. The molecular formula is C12H8Cl2FN. The summed E-state index contributed by atoms with van der Waals surface area (Å²) >= 11 is 11.8. The first-order chi connectivity index (χ1) is 7.58. The maximum atomic E-state index is 13.5. The third kappa shape index (κ3) is 2.18. The Morgan fingerprint density at radius 2 is 1.94 bits per heavy atom. The Morgan fingerprint density at radius 3 is 2.62 bits per heavy atom. The molecule has 0 amide bonds. The summed E-state index contributed by atoms with van der Waals surface area (Å²) in [5.41, 5.74) is 1.97. The molecule has 0 radical (unpaired) electrons. The topological polar surface area (TPSA) is 12.9 Å². The van der Waals surface area contributed by atoms with Gasteiger partial charge in [-0.2, -0.15) is 4.39 Å². The van der Waals surface area contributed by atoms with E-state index in [1.54, 1.807) is 12.1 Å². The van der Waals surface area contributed by atoms with Crippen molar-refractivity contribution in [1.29, 1.82) is 0 Å². The molecule has 1 nitrogen and oxygen atoms in total. The zero-order valence-corrected chi connectivity index (χ0v) is 9.98. The van der Waals surface area contributed by atoms with Gasteiger partial charge in [-0.3, -0.25) is 0 Å². The summed E-state index contributed by atoms with van der Waals surface area (Å²) in [6.45, 7) is 1.89. The molecule has 0 saturated carbocycles. The molecule has 4 heteroatoms. The highest BCUT2D eigenvalue weighted by molar-refractivity contribution is 6.32. The first kappa shape index (κ1) is 11.4. The van der Waals surface area contributed by atoms with Crippen molar-refractivity contribution in [3.8, 4) is 11.1 Å². The third-order valence-corrected chi connectivity index (χ3v) is 2.90. The van der Waals surface area contributed by atoms with Crippen LogP contribution in [-0.2, 0) is 0 Å². The minimum absolute atomic E-state index is 0.356. The average Bonchev–Trinajstić information content (AvgIpc) is 2.26. The van der Waals surface area contributed by atoms with Gasteiger partial charge in [-0.1, -0.05) is 35.3 Å². The molecule has 82 valence electrons. The van der Waals surface area contributed by atoms with Crippen LogP contribution in [0.1, 0.15) is 5.56 Å². The van der Waals surface area contributed by atoms with Crippen LogP contribution in [0.3, 0.4) is 0 Å². The normalized spacial score (nSPS) is 10.5. The molecule has 0 spiro atoms. The predicted octanol–water partition coefficient (Wildman–Crippen LogP) is 4.50. The molecule has 2 rings (SSSR count). The molecule has 0 aliphatic heterocycles. The van der Waals surface area contributed by atoms with E-state index in [-0.39, 0.29) is 0 Å². The number of aryl methyl sites for hydroxylation is 1. The Morgan fingerprint density at radius 1 is 1.19 bits per heavy atom. The number of benzene rings is 1. The Kier molecular flexibility index (Phi) is 3.13. The lowest BCUT2D eigenvalue weighted by Gasteiger charge is -2.05. The van der Waals surface area contributed by atoms with Crippen LogP contribution in [0.15, 0.2) is 30.5 Å². The number of hydrogen-bond donors (Lipinski definition) is 0. The molecule has 0 unspecified atom stereocenters. The van der Waals surface area contributed by atoms with E-state index >= 15 is 0 Å². The zero-order valence-electron chi connectivity index (χ0n) is 8.47. The first-order valence-corrected chi connectivity index (χ1v) is 5.41. The van der Waals surface area contributed by atoms with Crippen LogP contribution in [0.2, 0.25) is 10.0 Å². The summed E-state index contributed by atoms with van der Waals surface area (Å²) in [5.74, 6) is -0.552. The molecule has 1 aromatic carbocycles. The van der Waals surface area contributed by atoms with Gasteiger partial charge in [0, 0.05) is 16.8 Å². The lowest BCUT2D eigenvalue weighted by molar-refractivity contribution is 0.587. The van der Waals surface area contributed by atoms with Crippen molar-refractivity contribution < 1.29 is 4.39 Å². The van der Waals surface area contributed by atoms with Crippen molar-refractivity contribution in [3.05, 3.63) is 52.0 Å². The molecule has 1 heterocycles. The van der Waals surface area contributed by atoms with Crippen molar-refractivity contribution in [2.75, 3.05) is 0 Å². The summed E-state index contributed by atoms with van der Waals surface area (Å²) < 4.78 is 13.5. The maximum absolute atomic E-state index is 13.5. The van der Waals surface area contributed by atoms with Gasteiger partial charge in [-0.25, -0.2) is 4.98 Å². The van der Waals surface area contributed by atoms with Crippen LogP contribution in [-0.4, -0.2) is 4.98 Å². The Labute approximate surface area is 103 Å². The Hall–Kier alpha value is -1.12. The molecule has 0 saturated heterocycles. The van der Waals surface area contributed by atoms with Crippen molar-refractivity contribution >= 4 is 23.2 Å². The third-order valence-electron chi connectivity index (χ3n) is 2.29. The van der Waals surface area contributed by atoms with E-state index in [9.17, 15) is 4.39 Å².